The number of hydrogen-bond acceptors (Lipinski definition) is 1. The minimum atomic E-state index is 1.22. The van der Waals surface area contributed by atoms with Crippen LogP contribution in [-0.2, 0) is 0 Å². The summed E-state index contributed by atoms with van der Waals surface area (Å²) in [6, 6.07) is 62.2. The molecule has 0 fully saturated rings. The van der Waals surface area contributed by atoms with E-state index in [0.29, 0.717) is 0 Å². The monoisotopic (exact) mass is 588 g/mol. The topological polar surface area (TPSA) is 0 Å². The third-order valence-electron chi connectivity index (χ3n) is 9.04. The molecule has 0 bridgehead atoms. The maximum Gasteiger partial charge on any atom is 0.0434 e. The van der Waals surface area contributed by atoms with E-state index in [0.717, 1.165) is 0 Å². The van der Waals surface area contributed by atoms with Gasteiger partial charge in [-0.2, -0.15) is 0 Å². The van der Waals surface area contributed by atoms with Gasteiger partial charge in [-0.1, -0.05) is 146 Å². The molecule has 1 aromatic heterocycles. The standard InChI is InChI=1S/C44H28S/c1-3-14-29(15-4-1)31-26-32(30-16-5-2-6-17-30)28-33(27-31)42-35-19-7-9-21-37(35)43(38-22-10-8-20-36(38)42)40-24-13-23-39-34-18-11-12-25-41(34)45-44(39)40/h1-28H. The van der Waals surface area contributed by atoms with E-state index in [9.17, 15) is 0 Å². The van der Waals surface area contributed by atoms with Gasteiger partial charge in [0.1, 0.15) is 0 Å². The van der Waals surface area contributed by atoms with Crippen LogP contribution in [0.25, 0.3) is 86.2 Å². The lowest BCUT2D eigenvalue weighted by Crippen LogP contribution is -1.92. The first-order chi connectivity index (χ1) is 22.3. The lowest BCUT2D eigenvalue weighted by molar-refractivity contribution is 1.58. The van der Waals surface area contributed by atoms with Gasteiger partial charge in [0.05, 0.1) is 0 Å². The van der Waals surface area contributed by atoms with Gasteiger partial charge in [0.2, 0.25) is 0 Å². The molecule has 45 heavy (non-hydrogen) atoms. The number of benzene rings is 8. The molecule has 1 heterocycles. The van der Waals surface area contributed by atoms with Gasteiger partial charge in [-0.25, -0.2) is 0 Å². The second-order valence-corrected chi connectivity index (χ2v) is 12.7. The van der Waals surface area contributed by atoms with Gasteiger partial charge in [-0.15, -0.1) is 11.3 Å². The van der Waals surface area contributed by atoms with Gasteiger partial charge < -0.3 is 0 Å². The molecule has 0 saturated heterocycles. The van der Waals surface area contributed by atoms with Crippen LogP contribution in [0, 0.1) is 0 Å². The van der Waals surface area contributed by atoms with Gasteiger partial charge in [0.25, 0.3) is 0 Å². The first-order valence-corrected chi connectivity index (χ1v) is 16.3. The van der Waals surface area contributed by atoms with Crippen molar-refractivity contribution in [3.8, 4) is 44.5 Å². The van der Waals surface area contributed by atoms with E-state index in [4.69, 9.17) is 0 Å². The van der Waals surface area contributed by atoms with E-state index >= 15 is 0 Å². The Morgan fingerprint density at radius 3 is 1.31 bits per heavy atom. The van der Waals surface area contributed by atoms with Crippen molar-refractivity contribution in [2.24, 2.45) is 0 Å². The molecule has 1 heteroatoms. The third-order valence-corrected chi connectivity index (χ3v) is 10.3. The Morgan fingerprint density at radius 2 is 0.733 bits per heavy atom. The van der Waals surface area contributed by atoms with Gasteiger partial charge in [-0.05, 0) is 84.8 Å². The van der Waals surface area contributed by atoms with E-state index in [-0.39, 0.29) is 0 Å². The number of fused-ring (bicyclic) bond motifs is 5. The number of thiophene rings is 1. The molecule has 0 aliphatic carbocycles. The molecule has 0 N–H and O–H groups in total. The number of rotatable bonds is 4. The maximum atomic E-state index is 2.38. The molecule has 0 saturated carbocycles. The summed E-state index contributed by atoms with van der Waals surface area (Å²) in [6.07, 6.45) is 0. The Kier molecular flexibility index (Phi) is 6.11. The van der Waals surface area contributed by atoms with Crippen LogP contribution >= 0.6 is 11.3 Å². The van der Waals surface area contributed by atoms with Crippen LogP contribution < -0.4 is 0 Å². The maximum absolute atomic E-state index is 2.38. The first kappa shape index (κ1) is 25.9. The second kappa shape index (κ2) is 10.6. The second-order valence-electron chi connectivity index (χ2n) is 11.7. The zero-order valence-electron chi connectivity index (χ0n) is 24.6. The lowest BCUT2D eigenvalue weighted by atomic mass is 9.84. The van der Waals surface area contributed by atoms with E-state index < -0.39 is 0 Å². The van der Waals surface area contributed by atoms with Crippen LogP contribution in [0.2, 0.25) is 0 Å². The highest BCUT2D eigenvalue weighted by Gasteiger charge is 2.20. The lowest BCUT2D eigenvalue weighted by Gasteiger charge is -2.19. The molecule has 0 aliphatic rings. The van der Waals surface area contributed by atoms with Crippen molar-refractivity contribution >= 4 is 53.1 Å². The largest absolute Gasteiger partial charge is 0.135 e. The summed E-state index contributed by atoms with van der Waals surface area (Å²) in [6.45, 7) is 0. The van der Waals surface area contributed by atoms with Crippen LogP contribution in [-0.4, -0.2) is 0 Å². The molecule has 0 aliphatic heterocycles. The third kappa shape index (κ3) is 4.28. The Hall–Kier alpha value is -5.50. The minimum absolute atomic E-state index is 1.22. The van der Waals surface area contributed by atoms with E-state index in [2.05, 4.69) is 170 Å². The van der Waals surface area contributed by atoms with Crippen molar-refractivity contribution in [1.82, 2.24) is 0 Å². The smallest absolute Gasteiger partial charge is 0.0434 e. The van der Waals surface area contributed by atoms with Gasteiger partial charge in [0, 0.05) is 25.7 Å². The van der Waals surface area contributed by atoms with Crippen molar-refractivity contribution in [1.29, 1.82) is 0 Å². The fourth-order valence-corrected chi connectivity index (χ4v) is 8.26. The van der Waals surface area contributed by atoms with Crippen LogP contribution in [0.5, 0.6) is 0 Å². The average Bonchev–Trinajstić information content (AvgIpc) is 3.50. The molecule has 0 spiro atoms. The fraction of sp³-hybridized carbons (Fsp3) is 0. The van der Waals surface area contributed by atoms with Gasteiger partial charge in [-0.3, -0.25) is 0 Å². The Balaban J connectivity index is 1.39. The molecule has 8 aromatic carbocycles. The van der Waals surface area contributed by atoms with Crippen molar-refractivity contribution in [2.75, 3.05) is 0 Å². The zero-order chi connectivity index (χ0) is 29.7. The number of hydrogen-bond donors (Lipinski definition) is 0. The van der Waals surface area contributed by atoms with E-state index in [1.54, 1.807) is 0 Å². The fourth-order valence-electron chi connectivity index (χ4n) is 7.04. The predicted octanol–water partition coefficient (Wildman–Crippen LogP) is 13.0. The molecular weight excluding hydrogens is 561 g/mol. The summed E-state index contributed by atoms with van der Waals surface area (Å²) in [7, 11) is 0. The zero-order valence-corrected chi connectivity index (χ0v) is 25.4. The highest BCUT2D eigenvalue weighted by Crippen LogP contribution is 2.48. The quantitative estimate of drug-likeness (QED) is 0.179. The molecule has 0 unspecified atom stereocenters. The van der Waals surface area contributed by atoms with Crippen LogP contribution in [0.3, 0.4) is 0 Å². The van der Waals surface area contributed by atoms with Crippen LogP contribution in [0.1, 0.15) is 0 Å². The predicted molar refractivity (Wildman–Crippen MR) is 196 cm³/mol. The highest BCUT2D eigenvalue weighted by atomic mass is 32.1. The SMILES string of the molecule is c1ccc(-c2cc(-c3ccccc3)cc(-c3c4ccccc4c(-c4cccc5c4sc4ccccc45)c4ccccc34)c2)cc1. The molecule has 9 rings (SSSR count). The van der Waals surface area contributed by atoms with Crippen molar-refractivity contribution in [3.05, 3.63) is 170 Å². The van der Waals surface area contributed by atoms with E-state index in [1.165, 1.54) is 86.2 Å². The summed E-state index contributed by atoms with van der Waals surface area (Å²) in [4.78, 5) is 0. The van der Waals surface area contributed by atoms with Crippen molar-refractivity contribution in [3.63, 3.8) is 0 Å². The molecular formula is C44H28S. The molecule has 0 radical (unpaired) electrons. The molecule has 9 aromatic rings. The summed E-state index contributed by atoms with van der Waals surface area (Å²) in [5.74, 6) is 0. The summed E-state index contributed by atoms with van der Waals surface area (Å²) in [5, 5.41) is 7.76. The molecule has 0 atom stereocenters. The summed E-state index contributed by atoms with van der Waals surface area (Å²) < 4.78 is 2.68. The van der Waals surface area contributed by atoms with Crippen molar-refractivity contribution in [2.45, 2.75) is 0 Å². The Labute approximate surface area is 266 Å². The minimum Gasteiger partial charge on any atom is -0.135 e. The molecule has 0 amide bonds. The van der Waals surface area contributed by atoms with E-state index in [1.807, 2.05) is 11.3 Å². The summed E-state index contributed by atoms with van der Waals surface area (Å²) in [5.41, 5.74) is 10.0. The first-order valence-electron chi connectivity index (χ1n) is 15.4. The van der Waals surface area contributed by atoms with Crippen LogP contribution in [0.15, 0.2) is 170 Å². The van der Waals surface area contributed by atoms with Crippen LogP contribution in [0.4, 0.5) is 0 Å². The van der Waals surface area contributed by atoms with Gasteiger partial charge >= 0.3 is 0 Å². The normalized spacial score (nSPS) is 11.6. The van der Waals surface area contributed by atoms with Gasteiger partial charge in [0.15, 0.2) is 0 Å². The molecule has 210 valence electrons. The summed E-state index contributed by atoms with van der Waals surface area (Å²) >= 11 is 1.90. The Morgan fingerprint density at radius 1 is 0.289 bits per heavy atom. The average molecular weight is 589 g/mol. The Bertz CT molecular complexity index is 2410. The highest BCUT2D eigenvalue weighted by molar-refractivity contribution is 7.26. The van der Waals surface area contributed by atoms with Crippen molar-refractivity contribution < 1.29 is 0 Å². The molecule has 0 nitrogen and oxygen atoms in total.